The highest BCUT2D eigenvalue weighted by molar-refractivity contribution is 5.73. The summed E-state index contributed by atoms with van der Waals surface area (Å²) in [6, 6.07) is 8.79. The number of benzene rings is 1. The van der Waals surface area contributed by atoms with E-state index in [9.17, 15) is 0 Å². The Hall–Kier alpha value is -1.84. The van der Waals surface area contributed by atoms with Crippen LogP contribution in [0.5, 0.6) is 0 Å². The molecule has 1 aliphatic rings. The highest BCUT2D eigenvalue weighted by Gasteiger charge is 2.22. The third-order valence-electron chi connectivity index (χ3n) is 4.26. The fourth-order valence-corrected chi connectivity index (χ4v) is 3.09. The van der Waals surface area contributed by atoms with Crippen molar-refractivity contribution < 1.29 is 0 Å². The average Bonchev–Trinajstić information content (AvgIpc) is 3.10. The van der Waals surface area contributed by atoms with Crippen LogP contribution in [0.1, 0.15) is 38.4 Å². The van der Waals surface area contributed by atoms with Gasteiger partial charge >= 0.3 is 0 Å². The molecule has 2 N–H and O–H groups in total. The second-order valence-corrected chi connectivity index (χ2v) is 5.77. The van der Waals surface area contributed by atoms with Crippen molar-refractivity contribution in [2.24, 2.45) is 5.92 Å². The maximum absolute atomic E-state index is 4.44. The SMILES string of the molecule is Cc1nc(-c2ccccc2NC(C)C2CCCC2)n[nH]1. The predicted octanol–water partition coefficient (Wildman–Crippen LogP) is 3.77. The van der Waals surface area contributed by atoms with E-state index in [0.29, 0.717) is 6.04 Å². The van der Waals surface area contributed by atoms with Crippen LogP contribution in [0.15, 0.2) is 24.3 Å². The third kappa shape index (κ3) is 2.69. The van der Waals surface area contributed by atoms with Gasteiger partial charge in [-0.1, -0.05) is 25.0 Å². The summed E-state index contributed by atoms with van der Waals surface area (Å²) in [7, 11) is 0. The van der Waals surface area contributed by atoms with Gasteiger partial charge < -0.3 is 5.32 Å². The first-order valence-electron chi connectivity index (χ1n) is 7.49. The molecule has 1 aromatic heterocycles. The molecule has 2 aromatic rings. The monoisotopic (exact) mass is 270 g/mol. The highest BCUT2D eigenvalue weighted by atomic mass is 15.2. The minimum Gasteiger partial charge on any atom is -0.382 e. The predicted molar refractivity (Wildman–Crippen MR) is 81.6 cm³/mol. The summed E-state index contributed by atoms with van der Waals surface area (Å²) in [5, 5.41) is 10.9. The summed E-state index contributed by atoms with van der Waals surface area (Å²) in [4.78, 5) is 4.44. The minimum absolute atomic E-state index is 0.499. The number of para-hydroxylation sites is 1. The lowest BCUT2D eigenvalue weighted by Gasteiger charge is -2.22. The summed E-state index contributed by atoms with van der Waals surface area (Å²) in [5.41, 5.74) is 2.20. The zero-order chi connectivity index (χ0) is 13.9. The lowest BCUT2D eigenvalue weighted by atomic mass is 9.99. The van der Waals surface area contributed by atoms with Crippen LogP contribution in [0.3, 0.4) is 0 Å². The van der Waals surface area contributed by atoms with Crippen molar-refractivity contribution in [1.29, 1.82) is 0 Å². The Morgan fingerprint density at radius 3 is 2.70 bits per heavy atom. The topological polar surface area (TPSA) is 53.6 Å². The Balaban J connectivity index is 1.82. The van der Waals surface area contributed by atoms with Crippen LogP contribution in [0, 0.1) is 12.8 Å². The van der Waals surface area contributed by atoms with Crippen molar-refractivity contribution in [3.63, 3.8) is 0 Å². The first kappa shape index (κ1) is 13.2. The Kier molecular flexibility index (Phi) is 3.72. The van der Waals surface area contributed by atoms with Crippen LogP contribution in [0.2, 0.25) is 0 Å². The molecule has 0 amide bonds. The van der Waals surface area contributed by atoms with Crippen molar-refractivity contribution in [3.05, 3.63) is 30.1 Å². The molecule has 1 saturated carbocycles. The molecule has 1 heterocycles. The molecular weight excluding hydrogens is 248 g/mol. The molecule has 20 heavy (non-hydrogen) atoms. The molecule has 0 aliphatic heterocycles. The van der Waals surface area contributed by atoms with Crippen LogP contribution in [-0.2, 0) is 0 Å². The largest absolute Gasteiger partial charge is 0.382 e. The maximum Gasteiger partial charge on any atom is 0.183 e. The molecule has 0 saturated heterocycles. The number of aryl methyl sites for hydroxylation is 1. The van der Waals surface area contributed by atoms with Crippen LogP contribution < -0.4 is 5.32 Å². The number of anilines is 1. The van der Waals surface area contributed by atoms with Gasteiger partial charge in [0.15, 0.2) is 5.82 Å². The van der Waals surface area contributed by atoms with Gasteiger partial charge in [-0.3, -0.25) is 5.10 Å². The standard InChI is InChI=1S/C16H22N4/c1-11(13-7-3-4-8-13)17-15-10-6-5-9-14(15)16-18-12(2)19-20-16/h5-6,9-11,13,17H,3-4,7-8H2,1-2H3,(H,18,19,20). The van der Waals surface area contributed by atoms with E-state index in [2.05, 4.69) is 45.6 Å². The van der Waals surface area contributed by atoms with E-state index in [1.807, 2.05) is 13.0 Å². The van der Waals surface area contributed by atoms with E-state index in [-0.39, 0.29) is 0 Å². The molecule has 4 heteroatoms. The molecule has 1 aliphatic carbocycles. The molecule has 4 nitrogen and oxygen atoms in total. The van der Waals surface area contributed by atoms with E-state index in [4.69, 9.17) is 0 Å². The molecule has 1 atom stereocenters. The Labute approximate surface area is 120 Å². The second-order valence-electron chi connectivity index (χ2n) is 5.77. The number of hydrogen-bond donors (Lipinski definition) is 2. The van der Waals surface area contributed by atoms with Crippen LogP contribution >= 0.6 is 0 Å². The average molecular weight is 270 g/mol. The smallest absolute Gasteiger partial charge is 0.183 e. The molecule has 3 rings (SSSR count). The molecular formula is C16H22N4. The van der Waals surface area contributed by atoms with E-state index in [0.717, 1.165) is 28.8 Å². The normalized spacial score (nSPS) is 17.3. The van der Waals surface area contributed by atoms with Crippen molar-refractivity contribution in [2.45, 2.75) is 45.6 Å². The first-order valence-corrected chi connectivity index (χ1v) is 7.49. The van der Waals surface area contributed by atoms with Crippen molar-refractivity contribution in [2.75, 3.05) is 5.32 Å². The van der Waals surface area contributed by atoms with E-state index < -0.39 is 0 Å². The molecule has 0 bridgehead atoms. The Morgan fingerprint density at radius 1 is 1.25 bits per heavy atom. The first-order chi connectivity index (χ1) is 9.74. The van der Waals surface area contributed by atoms with Crippen molar-refractivity contribution >= 4 is 5.69 Å². The summed E-state index contributed by atoms with van der Waals surface area (Å²) in [5.74, 6) is 2.40. The number of nitrogens with zero attached hydrogens (tertiary/aromatic N) is 2. The van der Waals surface area contributed by atoms with E-state index >= 15 is 0 Å². The van der Waals surface area contributed by atoms with Gasteiger partial charge in [0, 0.05) is 17.3 Å². The van der Waals surface area contributed by atoms with Gasteiger partial charge in [0.05, 0.1) is 0 Å². The Bertz CT molecular complexity index is 569. The lowest BCUT2D eigenvalue weighted by Crippen LogP contribution is -2.24. The van der Waals surface area contributed by atoms with Crippen molar-refractivity contribution in [1.82, 2.24) is 15.2 Å². The maximum atomic E-state index is 4.44. The molecule has 1 unspecified atom stereocenters. The van der Waals surface area contributed by atoms with Gasteiger partial charge in [-0.2, -0.15) is 5.10 Å². The van der Waals surface area contributed by atoms with Gasteiger partial charge in [0.1, 0.15) is 5.82 Å². The second kappa shape index (κ2) is 5.65. The van der Waals surface area contributed by atoms with Crippen molar-refractivity contribution in [3.8, 4) is 11.4 Å². The van der Waals surface area contributed by atoms with Crippen LogP contribution in [0.4, 0.5) is 5.69 Å². The lowest BCUT2D eigenvalue weighted by molar-refractivity contribution is 0.482. The fraction of sp³-hybridized carbons (Fsp3) is 0.500. The Morgan fingerprint density at radius 2 is 2.00 bits per heavy atom. The fourth-order valence-electron chi connectivity index (χ4n) is 3.09. The van der Waals surface area contributed by atoms with E-state index in [1.165, 1.54) is 25.7 Å². The zero-order valence-corrected chi connectivity index (χ0v) is 12.2. The summed E-state index contributed by atoms with van der Waals surface area (Å²) >= 11 is 0. The summed E-state index contributed by atoms with van der Waals surface area (Å²) < 4.78 is 0. The highest BCUT2D eigenvalue weighted by Crippen LogP contribution is 2.31. The summed E-state index contributed by atoms with van der Waals surface area (Å²) in [6.07, 6.45) is 5.43. The number of aromatic amines is 1. The van der Waals surface area contributed by atoms with Crippen LogP contribution in [0.25, 0.3) is 11.4 Å². The number of aromatic nitrogens is 3. The summed E-state index contributed by atoms with van der Waals surface area (Å²) in [6.45, 7) is 4.21. The van der Waals surface area contributed by atoms with E-state index in [1.54, 1.807) is 0 Å². The third-order valence-corrected chi connectivity index (χ3v) is 4.26. The van der Waals surface area contributed by atoms with Gasteiger partial charge in [-0.15, -0.1) is 0 Å². The molecule has 1 aromatic carbocycles. The number of H-pyrrole nitrogens is 1. The van der Waals surface area contributed by atoms with Gasteiger partial charge in [0.2, 0.25) is 0 Å². The number of hydrogen-bond acceptors (Lipinski definition) is 3. The quantitative estimate of drug-likeness (QED) is 0.889. The zero-order valence-electron chi connectivity index (χ0n) is 12.2. The molecule has 1 fully saturated rings. The minimum atomic E-state index is 0.499. The molecule has 106 valence electrons. The van der Waals surface area contributed by atoms with Gasteiger partial charge in [-0.05, 0) is 44.7 Å². The number of nitrogens with one attached hydrogen (secondary N) is 2. The van der Waals surface area contributed by atoms with Crippen LogP contribution in [-0.4, -0.2) is 21.2 Å². The molecule has 0 radical (unpaired) electrons. The number of rotatable bonds is 4. The van der Waals surface area contributed by atoms with Gasteiger partial charge in [-0.25, -0.2) is 4.98 Å². The molecule has 0 spiro atoms. The van der Waals surface area contributed by atoms with Gasteiger partial charge in [0.25, 0.3) is 0 Å².